The van der Waals surface area contributed by atoms with Gasteiger partial charge in [-0.3, -0.25) is 9.98 Å². The number of nitrogens with zero attached hydrogens (tertiary/aromatic N) is 6. The van der Waals surface area contributed by atoms with E-state index in [4.69, 9.17) is 16.8 Å². The van der Waals surface area contributed by atoms with E-state index in [1.165, 1.54) is 0 Å². The Labute approximate surface area is 175 Å². The van der Waals surface area contributed by atoms with Crippen molar-refractivity contribution < 1.29 is 0 Å². The third-order valence-corrected chi connectivity index (χ3v) is 4.32. The molecule has 0 saturated carbocycles. The highest BCUT2D eigenvalue weighted by atomic mass is 15.1. The minimum absolute atomic E-state index is 0.0747. The SMILES string of the molecule is CC(C)c1cccc(CN=CC(=NN)c2cc(-c3cccc(C#N)c3)nc(N)n2)n1. The Morgan fingerprint density at radius 1 is 1.13 bits per heavy atom. The van der Waals surface area contributed by atoms with E-state index in [2.05, 4.69) is 45.0 Å². The van der Waals surface area contributed by atoms with Gasteiger partial charge >= 0.3 is 0 Å². The fourth-order valence-corrected chi connectivity index (χ4v) is 2.79. The predicted octanol–water partition coefficient (Wildman–Crippen LogP) is 3.05. The van der Waals surface area contributed by atoms with Crippen LogP contribution >= 0.6 is 0 Å². The lowest BCUT2D eigenvalue weighted by Gasteiger charge is -2.07. The molecule has 0 saturated heterocycles. The number of nitriles is 1. The molecule has 0 amide bonds. The second-order valence-corrected chi connectivity index (χ2v) is 6.88. The van der Waals surface area contributed by atoms with E-state index < -0.39 is 0 Å². The zero-order valence-electron chi connectivity index (χ0n) is 16.8. The first-order valence-corrected chi connectivity index (χ1v) is 9.39. The molecule has 0 spiro atoms. The number of pyridine rings is 1. The smallest absolute Gasteiger partial charge is 0.221 e. The number of aromatic nitrogens is 3. The van der Waals surface area contributed by atoms with E-state index >= 15 is 0 Å². The van der Waals surface area contributed by atoms with Gasteiger partial charge in [-0.2, -0.15) is 10.4 Å². The van der Waals surface area contributed by atoms with Crippen LogP contribution in [0.1, 0.15) is 42.4 Å². The second kappa shape index (κ2) is 9.39. The standard InChI is InChI=1S/C22H22N8/c1-14(2)18-8-4-7-17(27-18)12-26-13-21(30-25)20-10-19(28-22(24)29-20)16-6-3-5-15(9-16)11-23/h3-10,13-14H,12,25H2,1-2H3,(H2,24,28,29). The summed E-state index contributed by atoms with van der Waals surface area (Å²) in [7, 11) is 0. The maximum Gasteiger partial charge on any atom is 0.221 e. The largest absolute Gasteiger partial charge is 0.368 e. The van der Waals surface area contributed by atoms with Gasteiger partial charge in [-0.15, -0.1) is 0 Å². The van der Waals surface area contributed by atoms with Crippen LogP contribution in [-0.4, -0.2) is 26.9 Å². The molecule has 2 heterocycles. The molecule has 0 fully saturated rings. The van der Waals surface area contributed by atoms with Gasteiger partial charge in [-0.05, 0) is 36.2 Å². The van der Waals surface area contributed by atoms with Gasteiger partial charge in [-0.25, -0.2) is 9.97 Å². The van der Waals surface area contributed by atoms with Crippen molar-refractivity contribution in [3.8, 4) is 17.3 Å². The monoisotopic (exact) mass is 398 g/mol. The van der Waals surface area contributed by atoms with Crippen LogP contribution in [0, 0.1) is 11.3 Å². The summed E-state index contributed by atoms with van der Waals surface area (Å²) in [6, 6.07) is 16.8. The maximum absolute atomic E-state index is 9.12. The van der Waals surface area contributed by atoms with Crippen LogP contribution < -0.4 is 11.6 Å². The first-order chi connectivity index (χ1) is 14.5. The molecule has 150 valence electrons. The van der Waals surface area contributed by atoms with Crippen LogP contribution in [-0.2, 0) is 6.54 Å². The van der Waals surface area contributed by atoms with Crippen molar-refractivity contribution in [1.29, 1.82) is 5.26 Å². The van der Waals surface area contributed by atoms with E-state index in [0.29, 0.717) is 35.1 Å². The van der Waals surface area contributed by atoms with Crippen LogP contribution in [0.25, 0.3) is 11.3 Å². The highest BCUT2D eigenvalue weighted by Crippen LogP contribution is 2.20. The van der Waals surface area contributed by atoms with Crippen LogP contribution in [0.3, 0.4) is 0 Å². The minimum Gasteiger partial charge on any atom is -0.368 e. The summed E-state index contributed by atoms with van der Waals surface area (Å²) in [6.45, 7) is 4.58. The number of benzene rings is 1. The van der Waals surface area contributed by atoms with Crippen molar-refractivity contribution in [2.75, 3.05) is 5.73 Å². The zero-order valence-corrected chi connectivity index (χ0v) is 16.8. The molecule has 0 radical (unpaired) electrons. The average molecular weight is 398 g/mol. The fraction of sp³-hybridized carbons (Fsp3) is 0.182. The zero-order chi connectivity index (χ0) is 21.5. The van der Waals surface area contributed by atoms with E-state index in [-0.39, 0.29) is 5.95 Å². The molecule has 0 unspecified atom stereocenters. The van der Waals surface area contributed by atoms with Gasteiger partial charge in [0.1, 0.15) is 5.71 Å². The highest BCUT2D eigenvalue weighted by molar-refractivity contribution is 6.37. The molecule has 0 aliphatic rings. The number of nitrogens with two attached hydrogens (primary N) is 2. The number of anilines is 1. The number of nitrogen functional groups attached to an aromatic ring is 1. The molecular formula is C22H22N8. The summed E-state index contributed by atoms with van der Waals surface area (Å²) >= 11 is 0. The quantitative estimate of drug-likeness (QED) is 0.371. The van der Waals surface area contributed by atoms with Crippen molar-refractivity contribution in [1.82, 2.24) is 15.0 Å². The molecule has 3 aromatic rings. The van der Waals surface area contributed by atoms with Gasteiger partial charge in [0.15, 0.2) is 0 Å². The number of rotatable bonds is 6. The van der Waals surface area contributed by atoms with Gasteiger partial charge in [-0.1, -0.05) is 32.0 Å². The Bertz CT molecular complexity index is 1140. The normalized spacial score (nSPS) is 11.7. The topological polar surface area (TPSA) is 139 Å². The summed E-state index contributed by atoms with van der Waals surface area (Å²) in [5, 5.41) is 12.9. The van der Waals surface area contributed by atoms with E-state index in [9.17, 15) is 0 Å². The number of hydrogen-bond donors (Lipinski definition) is 2. The Morgan fingerprint density at radius 2 is 1.93 bits per heavy atom. The van der Waals surface area contributed by atoms with Gasteiger partial charge in [0.25, 0.3) is 0 Å². The first-order valence-electron chi connectivity index (χ1n) is 9.39. The number of hydrogen-bond acceptors (Lipinski definition) is 8. The molecule has 0 aliphatic heterocycles. The summed E-state index contributed by atoms with van der Waals surface area (Å²) in [4.78, 5) is 17.5. The van der Waals surface area contributed by atoms with E-state index in [1.54, 1.807) is 30.5 Å². The van der Waals surface area contributed by atoms with E-state index in [0.717, 1.165) is 17.0 Å². The minimum atomic E-state index is 0.0747. The van der Waals surface area contributed by atoms with Crippen LogP contribution in [0.4, 0.5) is 5.95 Å². The summed E-state index contributed by atoms with van der Waals surface area (Å²) < 4.78 is 0. The molecular weight excluding hydrogens is 376 g/mol. The predicted molar refractivity (Wildman–Crippen MR) is 118 cm³/mol. The lowest BCUT2D eigenvalue weighted by molar-refractivity contribution is 0.804. The number of hydrazone groups is 1. The van der Waals surface area contributed by atoms with Crippen LogP contribution in [0.15, 0.2) is 58.6 Å². The lowest BCUT2D eigenvalue weighted by atomic mass is 10.1. The Morgan fingerprint density at radius 3 is 2.67 bits per heavy atom. The highest BCUT2D eigenvalue weighted by Gasteiger charge is 2.10. The van der Waals surface area contributed by atoms with Gasteiger partial charge in [0, 0.05) is 11.3 Å². The molecule has 4 N–H and O–H groups in total. The second-order valence-electron chi connectivity index (χ2n) is 6.88. The molecule has 8 heteroatoms. The Kier molecular flexibility index (Phi) is 6.45. The van der Waals surface area contributed by atoms with Crippen molar-refractivity contribution in [3.05, 3.63) is 71.2 Å². The Balaban J connectivity index is 1.85. The molecule has 0 atom stereocenters. The average Bonchev–Trinajstić information content (AvgIpc) is 2.76. The van der Waals surface area contributed by atoms with Gasteiger partial charge in [0.2, 0.25) is 5.95 Å². The summed E-state index contributed by atoms with van der Waals surface area (Å²) in [5.74, 6) is 5.99. The molecule has 1 aromatic carbocycles. The Hall–Kier alpha value is -4.12. The molecule has 8 nitrogen and oxygen atoms in total. The van der Waals surface area contributed by atoms with Crippen molar-refractivity contribution >= 4 is 17.9 Å². The lowest BCUT2D eigenvalue weighted by Crippen LogP contribution is -2.11. The van der Waals surface area contributed by atoms with Crippen LogP contribution in [0.2, 0.25) is 0 Å². The number of aliphatic imine (C=N–C) groups is 1. The van der Waals surface area contributed by atoms with E-state index in [1.807, 2.05) is 24.3 Å². The summed E-state index contributed by atoms with van der Waals surface area (Å²) in [6.07, 6.45) is 1.54. The maximum atomic E-state index is 9.12. The molecule has 2 aromatic heterocycles. The molecule has 3 rings (SSSR count). The third kappa shape index (κ3) is 5.02. The first kappa shape index (κ1) is 20.6. The van der Waals surface area contributed by atoms with Crippen molar-refractivity contribution in [3.63, 3.8) is 0 Å². The molecule has 0 aliphatic carbocycles. The molecule has 30 heavy (non-hydrogen) atoms. The molecule has 0 bridgehead atoms. The van der Waals surface area contributed by atoms with Gasteiger partial charge in [0.05, 0.1) is 41.5 Å². The third-order valence-electron chi connectivity index (χ3n) is 4.32. The van der Waals surface area contributed by atoms with Crippen LogP contribution in [0.5, 0.6) is 0 Å². The fourth-order valence-electron chi connectivity index (χ4n) is 2.79. The van der Waals surface area contributed by atoms with Gasteiger partial charge < -0.3 is 11.6 Å². The summed E-state index contributed by atoms with van der Waals surface area (Å²) in [5.41, 5.74) is 10.4. The van der Waals surface area contributed by atoms with Crippen molar-refractivity contribution in [2.24, 2.45) is 15.9 Å². The van der Waals surface area contributed by atoms with Crippen molar-refractivity contribution in [2.45, 2.75) is 26.3 Å².